The van der Waals surface area contributed by atoms with Crippen LogP contribution in [0.15, 0.2) is 29.3 Å². The molecule has 2 rings (SSSR count). The summed E-state index contributed by atoms with van der Waals surface area (Å²) in [5, 5.41) is 3.41. The van der Waals surface area contributed by atoms with Crippen molar-refractivity contribution in [3.63, 3.8) is 0 Å². The van der Waals surface area contributed by atoms with Crippen LogP contribution in [-0.4, -0.2) is 50.8 Å². The molecule has 1 aromatic carbocycles. The number of guanidine groups is 1. The van der Waals surface area contributed by atoms with Gasteiger partial charge in [0, 0.05) is 45.1 Å². The van der Waals surface area contributed by atoms with E-state index in [2.05, 4.69) is 62.3 Å². The van der Waals surface area contributed by atoms with Gasteiger partial charge in [-0.3, -0.25) is 4.99 Å². The Kier molecular flexibility index (Phi) is 9.66. The Balaban J connectivity index is 0.00000288. The molecule has 5 heteroatoms. The third kappa shape index (κ3) is 6.59. The predicted octanol–water partition coefficient (Wildman–Crippen LogP) is 3.65. The molecular formula is C19H32IN3O. The van der Waals surface area contributed by atoms with Gasteiger partial charge < -0.3 is 15.0 Å². The van der Waals surface area contributed by atoms with Crippen LogP contribution in [0.5, 0.6) is 0 Å². The molecule has 0 saturated carbocycles. The zero-order chi connectivity index (χ0) is 16.7. The second-order valence-corrected chi connectivity index (χ2v) is 6.62. The van der Waals surface area contributed by atoms with E-state index in [9.17, 15) is 0 Å². The molecule has 1 aromatic rings. The third-order valence-corrected chi connectivity index (χ3v) is 4.41. The van der Waals surface area contributed by atoms with Crippen LogP contribution in [0.1, 0.15) is 37.3 Å². The maximum Gasteiger partial charge on any atom is 0.193 e. The lowest BCUT2D eigenvalue weighted by Crippen LogP contribution is -2.41. The third-order valence-electron chi connectivity index (χ3n) is 4.41. The number of aryl methyl sites for hydroxylation is 1. The van der Waals surface area contributed by atoms with Crippen LogP contribution in [0.4, 0.5) is 0 Å². The fourth-order valence-corrected chi connectivity index (χ4v) is 2.89. The van der Waals surface area contributed by atoms with Gasteiger partial charge >= 0.3 is 0 Å². The second-order valence-electron chi connectivity index (χ2n) is 6.62. The summed E-state index contributed by atoms with van der Waals surface area (Å²) in [5.41, 5.74) is 2.65. The zero-order valence-corrected chi connectivity index (χ0v) is 17.7. The molecule has 4 nitrogen and oxygen atoms in total. The van der Waals surface area contributed by atoms with Crippen molar-refractivity contribution in [3.8, 4) is 0 Å². The maximum atomic E-state index is 5.48. The molecule has 0 bridgehead atoms. The predicted molar refractivity (Wildman–Crippen MR) is 113 cm³/mol. The van der Waals surface area contributed by atoms with Crippen LogP contribution >= 0.6 is 24.0 Å². The number of hydrogen-bond donors (Lipinski definition) is 1. The lowest BCUT2D eigenvalue weighted by atomic mass is 10.0. The quantitative estimate of drug-likeness (QED) is 0.413. The van der Waals surface area contributed by atoms with Gasteiger partial charge in [0.05, 0.1) is 6.61 Å². The highest BCUT2D eigenvalue weighted by atomic mass is 127. The average molecular weight is 445 g/mol. The number of nitrogens with zero attached hydrogens (tertiary/aromatic N) is 2. The first-order valence-corrected chi connectivity index (χ1v) is 8.74. The number of halogens is 1. The van der Waals surface area contributed by atoms with E-state index < -0.39 is 0 Å². The van der Waals surface area contributed by atoms with Crippen LogP contribution < -0.4 is 5.32 Å². The molecule has 0 radical (unpaired) electrons. The molecule has 1 aliphatic heterocycles. The Morgan fingerprint density at radius 3 is 2.67 bits per heavy atom. The van der Waals surface area contributed by atoms with Crippen molar-refractivity contribution < 1.29 is 4.74 Å². The highest BCUT2D eigenvalue weighted by Crippen LogP contribution is 2.17. The number of rotatable bonds is 6. The number of benzene rings is 1. The summed E-state index contributed by atoms with van der Waals surface area (Å²) in [6.45, 7) is 11.0. The van der Waals surface area contributed by atoms with Gasteiger partial charge in [0.15, 0.2) is 5.96 Å². The van der Waals surface area contributed by atoms with Crippen molar-refractivity contribution >= 4 is 29.9 Å². The summed E-state index contributed by atoms with van der Waals surface area (Å²) < 4.78 is 5.48. The van der Waals surface area contributed by atoms with Gasteiger partial charge in [0.25, 0.3) is 0 Å². The topological polar surface area (TPSA) is 36.9 Å². The molecule has 0 aromatic heterocycles. The van der Waals surface area contributed by atoms with E-state index in [-0.39, 0.29) is 24.0 Å². The van der Waals surface area contributed by atoms with E-state index in [1.165, 1.54) is 11.1 Å². The molecular weight excluding hydrogens is 413 g/mol. The minimum absolute atomic E-state index is 0. The van der Waals surface area contributed by atoms with Gasteiger partial charge in [0.1, 0.15) is 0 Å². The average Bonchev–Trinajstić information content (AvgIpc) is 3.04. The molecule has 1 N–H and O–H groups in total. The maximum absolute atomic E-state index is 5.48. The van der Waals surface area contributed by atoms with Crippen molar-refractivity contribution in [2.45, 2.75) is 33.1 Å². The normalized spacial score (nSPS) is 18.8. The molecule has 1 heterocycles. The first-order chi connectivity index (χ1) is 11.1. The van der Waals surface area contributed by atoms with Crippen LogP contribution in [0.25, 0.3) is 0 Å². The Hall–Kier alpha value is -0.820. The minimum atomic E-state index is 0. The van der Waals surface area contributed by atoms with Gasteiger partial charge in [-0.05, 0) is 25.8 Å². The number of aliphatic imine (C=N–C) groups is 1. The van der Waals surface area contributed by atoms with Crippen molar-refractivity contribution in [3.05, 3.63) is 35.4 Å². The van der Waals surface area contributed by atoms with Crippen LogP contribution in [0, 0.1) is 12.8 Å². The molecule has 1 saturated heterocycles. The Morgan fingerprint density at radius 1 is 1.38 bits per heavy atom. The van der Waals surface area contributed by atoms with Crippen molar-refractivity contribution in [1.29, 1.82) is 0 Å². The Labute approximate surface area is 164 Å². The standard InChI is InChI=1S/C19H31N3O.HI/c1-5-20-19(22(4)13-17-10-11-23-14-17)21-12-16(3)18-8-6-15(2)7-9-18;/h6-9,16-17H,5,10-14H2,1-4H3,(H,20,21);1H. The molecule has 1 fully saturated rings. The number of hydrogen-bond acceptors (Lipinski definition) is 2. The van der Waals surface area contributed by atoms with E-state index >= 15 is 0 Å². The summed E-state index contributed by atoms with van der Waals surface area (Å²) >= 11 is 0. The smallest absolute Gasteiger partial charge is 0.193 e. The largest absolute Gasteiger partial charge is 0.381 e. The highest BCUT2D eigenvalue weighted by molar-refractivity contribution is 14.0. The molecule has 0 spiro atoms. The first-order valence-electron chi connectivity index (χ1n) is 8.74. The lowest BCUT2D eigenvalue weighted by Gasteiger charge is -2.25. The molecule has 2 atom stereocenters. The summed E-state index contributed by atoms with van der Waals surface area (Å²) in [6.07, 6.45) is 1.16. The molecule has 0 aliphatic carbocycles. The van der Waals surface area contributed by atoms with Crippen molar-refractivity contribution in [1.82, 2.24) is 10.2 Å². The molecule has 24 heavy (non-hydrogen) atoms. The van der Waals surface area contributed by atoms with Gasteiger partial charge in [-0.25, -0.2) is 0 Å². The Bertz CT molecular complexity index is 498. The Morgan fingerprint density at radius 2 is 2.08 bits per heavy atom. The van der Waals surface area contributed by atoms with Crippen LogP contribution in [0.2, 0.25) is 0 Å². The minimum Gasteiger partial charge on any atom is -0.381 e. The van der Waals surface area contributed by atoms with Gasteiger partial charge in [-0.1, -0.05) is 36.8 Å². The second kappa shape index (κ2) is 10.9. The SMILES string of the molecule is CCNC(=NCC(C)c1ccc(C)cc1)N(C)CC1CCOC1.I. The summed E-state index contributed by atoms with van der Waals surface area (Å²) in [7, 11) is 2.12. The molecule has 1 aliphatic rings. The van der Waals surface area contributed by atoms with E-state index in [1.807, 2.05) is 0 Å². The first kappa shape index (κ1) is 21.2. The highest BCUT2D eigenvalue weighted by Gasteiger charge is 2.19. The van der Waals surface area contributed by atoms with Crippen molar-refractivity contribution in [2.75, 3.05) is 39.9 Å². The van der Waals surface area contributed by atoms with E-state index in [1.54, 1.807) is 0 Å². The van der Waals surface area contributed by atoms with E-state index in [4.69, 9.17) is 9.73 Å². The monoisotopic (exact) mass is 445 g/mol. The lowest BCUT2D eigenvalue weighted by molar-refractivity contribution is 0.181. The molecule has 136 valence electrons. The fourth-order valence-electron chi connectivity index (χ4n) is 2.89. The summed E-state index contributed by atoms with van der Waals surface area (Å²) in [6, 6.07) is 8.77. The van der Waals surface area contributed by atoms with Gasteiger partial charge in [0.2, 0.25) is 0 Å². The molecule has 0 amide bonds. The van der Waals surface area contributed by atoms with Crippen LogP contribution in [-0.2, 0) is 4.74 Å². The molecule has 2 unspecified atom stereocenters. The zero-order valence-electron chi connectivity index (χ0n) is 15.4. The van der Waals surface area contributed by atoms with E-state index in [0.29, 0.717) is 11.8 Å². The van der Waals surface area contributed by atoms with Gasteiger partial charge in [-0.2, -0.15) is 0 Å². The number of ether oxygens (including phenoxy) is 1. The van der Waals surface area contributed by atoms with Crippen molar-refractivity contribution in [2.24, 2.45) is 10.9 Å². The number of nitrogens with one attached hydrogen (secondary N) is 1. The fraction of sp³-hybridized carbons (Fsp3) is 0.632. The van der Waals surface area contributed by atoms with Gasteiger partial charge in [-0.15, -0.1) is 24.0 Å². The van der Waals surface area contributed by atoms with Crippen LogP contribution in [0.3, 0.4) is 0 Å². The van der Waals surface area contributed by atoms with E-state index in [0.717, 1.165) is 45.2 Å². The summed E-state index contributed by atoms with van der Waals surface area (Å²) in [5.74, 6) is 2.05. The summed E-state index contributed by atoms with van der Waals surface area (Å²) in [4.78, 5) is 7.09.